The van der Waals surface area contributed by atoms with E-state index in [2.05, 4.69) is 31.3 Å². The number of aromatic nitrogens is 4. The van der Waals surface area contributed by atoms with Crippen molar-refractivity contribution in [3.63, 3.8) is 0 Å². The first-order chi connectivity index (χ1) is 9.85. The van der Waals surface area contributed by atoms with Crippen LogP contribution >= 0.6 is 0 Å². The lowest BCUT2D eigenvalue weighted by Crippen LogP contribution is -2.40. The number of anilines is 1. The third kappa shape index (κ3) is 4.10. The molecule has 0 saturated heterocycles. The van der Waals surface area contributed by atoms with E-state index in [4.69, 9.17) is 0 Å². The number of amides is 2. The Morgan fingerprint density at radius 1 is 1.10 bits per heavy atom. The molecule has 0 aliphatic heterocycles. The summed E-state index contributed by atoms with van der Waals surface area (Å²) in [7, 11) is 0. The van der Waals surface area contributed by atoms with Crippen LogP contribution in [0.25, 0.3) is 0 Å². The number of H-pyrrole nitrogens is 1. The van der Waals surface area contributed by atoms with E-state index in [1.807, 2.05) is 20.8 Å². The SMILES string of the molecule is CC(C)(C)NC(=O)c1ccc(NC(=O)c2nn[nH]n2)cc1. The van der Waals surface area contributed by atoms with Gasteiger partial charge in [-0.3, -0.25) is 9.59 Å². The van der Waals surface area contributed by atoms with Crippen molar-refractivity contribution in [2.75, 3.05) is 5.32 Å². The second-order valence-corrected chi connectivity index (χ2v) is 5.47. The van der Waals surface area contributed by atoms with E-state index in [1.165, 1.54) is 0 Å². The number of carbonyl (C=O) groups excluding carboxylic acids is 2. The third-order valence-electron chi connectivity index (χ3n) is 2.44. The summed E-state index contributed by atoms with van der Waals surface area (Å²) in [4.78, 5) is 23.7. The fraction of sp³-hybridized carbons (Fsp3) is 0.308. The summed E-state index contributed by atoms with van der Waals surface area (Å²) in [6, 6.07) is 6.53. The lowest BCUT2D eigenvalue weighted by molar-refractivity contribution is 0.0919. The second kappa shape index (κ2) is 5.70. The number of benzene rings is 1. The Morgan fingerprint density at radius 3 is 2.29 bits per heavy atom. The van der Waals surface area contributed by atoms with Crippen molar-refractivity contribution in [2.24, 2.45) is 0 Å². The van der Waals surface area contributed by atoms with Gasteiger partial charge in [-0.05, 0) is 50.3 Å². The highest BCUT2D eigenvalue weighted by Crippen LogP contribution is 2.11. The maximum atomic E-state index is 11.9. The van der Waals surface area contributed by atoms with Crippen molar-refractivity contribution >= 4 is 17.5 Å². The molecule has 0 spiro atoms. The second-order valence-electron chi connectivity index (χ2n) is 5.47. The molecule has 1 aromatic heterocycles. The smallest absolute Gasteiger partial charge is 0.297 e. The van der Waals surface area contributed by atoms with Crippen LogP contribution in [0.4, 0.5) is 5.69 Å². The van der Waals surface area contributed by atoms with Crippen LogP contribution in [0.2, 0.25) is 0 Å². The van der Waals surface area contributed by atoms with Gasteiger partial charge < -0.3 is 10.6 Å². The molecule has 3 N–H and O–H groups in total. The van der Waals surface area contributed by atoms with E-state index in [-0.39, 0.29) is 17.3 Å². The highest BCUT2D eigenvalue weighted by atomic mass is 16.2. The molecule has 1 heterocycles. The zero-order valence-corrected chi connectivity index (χ0v) is 12.0. The predicted octanol–water partition coefficient (Wildman–Crippen LogP) is 0.980. The molecule has 2 amide bonds. The molecular formula is C13H16N6O2. The van der Waals surface area contributed by atoms with E-state index < -0.39 is 5.91 Å². The van der Waals surface area contributed by atoms with Gasteiger partial charge in [0.25, 0.3) is 17.6 Å². The Labute approximate surface area is 121 Å². The molecule has 2 aromatic rings. The van der Waals surface area contributed by atoms with Crippen LogP contribution in [0.1, 0.15) is 41.7 Å². The molecule has 0 radical (unpaired) electrons. The number of nitrogens with zero attached hydrogens (tertiary/aromatic N) is 3. The van der Waals surface area contributed by atoms with Crippen molar-refractivity contribution in [2.45, 2.75) is 26.3 Å². The number of hydrogen-bond donors (Lipinski definition) is 3. The van der Waals surface area contributed by atoms with Gasteiger partial charge in [0.2, 0.25) is 0 Å². The highest BCUT2D eigenvalue weighted by Gasteiger charge is 2.15. The van der Waals surface area contributed by atoms with E-state index in [1.54, 1.807) is 24.3 Å². The molecule has 0 atom stereocenters. The van der Waals surface area contributed by atoms with Crippen LogP contribution < -0.4 is 10.6 Å². The highest BCUT2D eigenvalue weighted by molar-refractivity contribution is 6.01. The monoisotopic (exact) mass is 288 g/mol. The lowest BCUT2D eigenvalue weighted by Gasteiger charge is -2.20. The summed E-state index contributed by atoms with van der Waals surface area (Å²) in [5.41, 5.74) is 0.752. The van der Waals surface area contributed by atoms with E-state index in [9.17, 15) is 9.59 Å². The minimum atomic E-state index is -0.476. The van der Waals surface area contributed by atoms with Gasteiger partial charge in [0.05, 0.1) is 0 Å². The number of tetrazole rings is 1. The van der Waals surface area contributed by atoms with Gasteiger partial charge in [-0.25, -0.2) is 0 Å². The molecule has 0 unspecified atom stereocenters. The average Bonchev–Trinajstić information content (AvgIpc) is 2.91. The van der Waals surface area contributed by atoms with Gasteiger partial charge in [-0.1, -0.05) is 0 Å². The largest absolute Gasteiger partial charge is 0.347 e. The van der Waals surface area contributed by atoms with Crippen LogP contribution in [0.5, 0.6) is 0 Å². The average molecular weight is 288 g/mol. The predicted molar refractivity (Wildman–Crippen MR) is 75.8 cm³/mol. The molecular weight excluding hydrogens is 272 g/mol. The Hall–Kier alpha value is -2.77. The van der Waals surface area contributed by atoms with E-state index in [0.29, 0.717) is 11.3 Å². The van der Waals surface area contributed by atoms with E-state index in [0.717, 1.165) is 0 Å². The van der Waals surface area contributed by atoms with Crippen LogP contribution in [0.3, 0.4) is 0 Å². The van der Waals surface area contributed by atoms with Crippen LogP contribution in [0, 0.1) is 0 Å². The molecule has 110 valence electrons. The summed E-state index contributed by atoms with van der Waals surface area (Å²) in [6.07, 6.45) is 0. The molecule has 2 rings (SSSR count). The summed E-state index contributed by atoms with van der Waals surface area (Å²) in [5.74, 6) is -0.696. The van der Waals surface area contributed by atoms with Gasteiger partial charge in [0.1, 0.15) is 0 Å². The standard InChI is InChI=1S/C13H16N6O2/c1-13(2,3)15-11(20)8-4-6-9(7-5-8)14-12(21)10-16-18-19-17-10/h4-7H,1-3H3,(H,14,21)(H,15,20)(H,16,17,18,19). The molecule has 1 aromatic carbocycles. The molecule has 0 saturated carbocycles. The molecule has 0 aliphatic rings. The third-order valence-corrected chi connectivity index (χ3v) is 2.44. The van der Waals surface area contributed by atoms with Crippen molar-refractivity contribution in [3.05, 3.63) is 35.7 Å². The van der Waals surface area contributed by atoms with Crippen molar-refractivity contribution in [1.82, 2.24) is 25.9 Å². The maximum absolute atomic E-state index is 11.9. The van der Waals surface area contributed by atoms with Gasteiger partial charge >= 0.3 is 0 Å². The minimum absolute atomic E-state index is 0.0513. The Balaban J connectivity index is 2.02. The normalized spacial score (nSPS) is 11.0. The first-order valence-electron chi connectivity index (χ1n) is 6.32. The number of aromatic amines is 1. The Bertz CT molecular complexity index is 628. The van der Waals surface area contributed by atoms with Crippen molar-refractivity contribution in [1.29, 1.82) is 0 Å². The molecule has 8 heteroatoms. The number of rotatable bonds is 3. The number of nitrogens with one attached hydrogen (secondary N) is 3. The topological polar surface area (TPSA) is 113 Å². The van der Waals surface area contributed by atoms with Crippen molar-refractivity contribution in [3.8, 4) is 0 Å². The number of hydrogen-bond acceptors (Lipinski definition) is 5. The molecule has 21 heavy (non-hydrogen) atoms. The Kier molecular flexibility index (Phi) is 3.97. The maximum Gasteiger partial charge on any atom is 0.297 e. The summed E-state index contributed by atoms with van der Waals surface area (Å²) < 4.78 is 0. The summed E-state index contributed by atoms with van der Waals surface area (Å²) >= 11 is 0. The fourth-order valence-corrected chi connectivity index (χ4v) is 1.56. The van der Waals surface area contributed by atoms with Gasteiger partial charge in [-0.15, -0.1) is 10.2 Å². The number of carbonyl (C=O) groups is 2. The molecule has 8 nitrogen and oxygen atoms in total. The van der Waals surface area contributed by atoms with Crippen LogP contribution in [0.15, 0.2) is 24.3 Å². The van der Waals surface area contributed by atoms with E-state index >= 15 is 0 Å². The summed E-state index contributed by atoms with van der Waals surface area (Å²) in [6.45, 7) is 5.72. The van der Waals surface area contributed by atoms with Gasteiger partial charge in [0.15, 0.2) is 0 Å². The Morgan fingerprint density at radius 2 is 1.76 bits per heavy atom. The lowest BCUT2D eigenvalue weighted by atomic mass is 10.1. The molecule has 0 aliphatic carbocycles. The van der Waals surface area contributed by atoms with Gasteiger partial charge in [0, 0.05) is 16.8 Å². The van der Waals surface area contributed by atoms with Crippen LogP contribution in [-0.2, 0) is 0 Å². The fourth-order valence-electron chi connectivity index (χ4n) is 1.56. The first-order valence-corrected chi connectivity index (χ1v) is 6.32. The first kappa shape index (κ1) is 14.6. The molecule has 0 bridgehead atoms. The summed E-state index contributed by atoms with van der Waals surface area (Å²) in [5, 5.41) is 18.1. The zero-order valence-electron chi connectivity index (χ0n) is 12.0. The van der Waals surface area contributed by atoms with Gasteiger partial charge in [-0.2, -0.15) is 5.21 Å². The quantitative estimate of drug-likeness (QED) is 0.779. The van der Waals surface area contributed by atoms with Crippen LogP contribution in [-0.4, -0.2) is 38.0 Å². The zero-order chi connectivity index (χ0) is 15.5. The van der Waals surface area contributed by atoms with Crippen molar-refractivity contribution < 1.29 is 9.59 Å². The molecule has 0 fully saturated rings. The minimum Gasteiger partial charge on any atom is -0.347 e.